The number of hydrogen-bond donors (Lipinski definition) is 1. The first-order valence-corrected chi connectivity index (χ1v) is 8.20. The summed E-state index contributed by atoms with van der Waals surface area (Å²) in [4.78, 5) is 25.9. The zero-order chi connectivity index (χ0) is 16.0. The molecule has 120 valence electrons. The molecule has 0 radical (unpaired) electrons. The fourth-order valence-electron chi connectivity index (χ4n) is 3.19. The van der Waals surface area contributed by atoms with Crippen molar-refractivity contribution in [1.82, 2.24) is 0 Å². The Morgan fingerprint density at radius 2 is 1.91 bits per heavy atom. The van der Waals surface area contributed by atoms with Gasteiger partial charge in [-0.3, -0.25) is 9.59 Å². The van der Waals surface area contributed by atoms with Gasteiger partial charge < -0.3 is 9.64 Å². The second-order valence-corrected chi connectivity index (χ2v) is 6.01. The Bertz CT molecular complexity index is 510. The van der Waals surface area contributed by atoms with Crippen molar-refractivity contribution in [2.24, 2.45) is 0 Å². The monoisotopic (exact) mass is 304 g/mol. The number of nitrogens with one attached hydrogen (secondary N) is 1. The Morgan fingerprint density at radius 1 is 1.23 bits per heavy atom. The number of ether oxygens (including phenoxy) is 1. The van der Waals surface area contributed by atoms with Crippen molar-refractivity contribution in [3.63, 3.8) is 0 Å². The zero-order valence-corrected chi connectivity index (χ0v) is 13.6. The van der Waals surface area contributed by atoms with Gasteiger partial charge in [0.05, 0.1) is 13.1 Å². The van der Waals surface area contributed by atoms with Gasteiger partial charge in [0.25, 0.3) is 0 Å². The second-order valence-electron chi connectivity index (χ2n) is 6.01. The van der Waals surface area contributed by atoms with Gasteiger partial charge in [0.1, 0.15) is 24.3 Å². The quantitative estimate of drug-likeness (QED) is 0.769. The van der Waals surface area contributed by atoms with E-state index in [2.05, 4.69) is 13.8 Å². The van der Waals surface area contributed by atoms with E-state index < -0.39 is 5.41 Å². The summed E-state index contributed by atoms with van der Waals surface area (Å²) < 4.78 is 5.55. The highest BCUT2D eigenvalue weighted by Gasteiger charge is 2.47. The number of ketones is 1. The van der Waals surface area contributed by atoms with Crippen molar-refractivity contribution in [1.29, 1.82) is 0 Å². The molecule has 1 atom stereocenters. The standard InChI is InChI=1S/C18H25NO3/c1-3-19(4-2)12-13-22-17(21)18(11-10-16(20)14-18)15-8-6-5-7-9-15/h5-9H,3-4,10-14H2,1-2H3/p+1/t18-/m1/s1. The van der Waals surface area contributed by atoms with Crippen LogP contribution in [-0.4, -0.2) is 38.0 Å². The van der Waals surface area contributed by atoms with E-state index in [0.717, 1.165) is 25.2 Å². The van der Waals surface area contributed by atoms with E-state index in [-0.39, 0.29) is 18.2 Å². The summed E-state index contributed by atoms with van der Waals surface area (Å²) in [6.07, 6.45) is 1.30. The van der Waals surface area contributed by atoms with Crippen LogP contribution in [0.2, 0.25) is 0 Å². The van der Waals surface area contributed by atoms with E-state index in [1.807, 2.05) is 30.3 Å². The van der Waals surface area contributed by atoms with Gasteiger partial charge in [-0.15, -0.1) is 0 Å². The van der Waals surface area contributed by atoms with Crippen molar-refractivity contribution in [3.05, 3.63) is 35.9 Å². The van der Waals surface area contributed by atoms with Crippen LogP contribution in [0.15, 0.2) is 30.3 Å². The van der Waals surface area contributed by atoms with Gasteiger partial charge >= 0.3 is 5.97 Å². The number of benzene rings is 1. The third kappa shape index (κ3) is 3.55. The fourth-order valence-corrected chi connectivity index (χ4v) is 3.19. The minimum absolute atomic E-state index is 0.148. The highest BCUT2D eigenvalue weighted by molar-refractivity contribution is 5.94. The van der Waals surface area contributed by atoms with Crippen LogP contribution >= 0.6 is 0 Å². The zero-order valence-electron chi connectivity index (χ0n) is 13.6. The lowest BCUT2D eigenvalue weighted by Gasteiger charge is -2.26. The van der Waals surface area contributed by atoms with Crippen molar-refractivity contribution in [3.8, 4) is 0 Å². The molecule has 4 nitrogen and oxygen atoms in total. The van der Waals surface area contributed by atoms with Crippen molar-refractivity contribution in [2.75, 3.05) is 26.2 Å². The van der Waals surface area contributed by atoms with Crippen LogP contribution in [0.4, 0.5) is 0 Å². The maximum Gasteiger partial charge on any atom is 0.317 e. The number of hydrogen-bond acceptors (Lipinski definition) is 3. The van der Waals surface area contributed by atoms with E-state index in [0.29, 0.717) is 19.4 Å². The second kappa shape index (κ2) is 7.54. The SMILES string of the molecule is CC[NH+](CC)CCOC(=O)[C@]1(c2ccccc2)CCC(=O)C1. The van der Waals surface area contributed by atoms with Crippen LogP contribution < -0.4 is 4.90 Å². The molecule has 1 fully saturated rings. The number of esters is 1. The van der Waals surface area contributed by atoms with E-state index >= 15 is 0 Å². The Labute approximate surface area is 132 Å². The van der Waals surface area contributed by atoms with E-state index in [9.17, 15) is 9.59 Å². The first-order valence-electron chi connectivity index (χ1n) is 8.20. The van der Waals surface area contributed by atoms with E-state index in [1.54, 1.807) is 0 Å². The van der Waals surface area contributed by atoms with Crippen molar-refractivity contribution < 1.29 is 19.2 Å². The number of carbonyl (C=O) groups excluding carboxylic acids is 2. The normalized spacial score (nSPS) is 21.3. The Kier molecular flexibility index (Phi) is 5.72. The molecule has 0 bridgehead atoms. The summed E-state index contributed by atoms with van der Waals surface area (Å²) in [5.74, 6) is -0.0914. The van der Waals surface area contributed by atoms with Crippen molar-refractivity contribution >= 4 is 11.8 Å². The number of rotatable bonds is 7. The maximum absolute atomic E-state index is 12.7. The Morgan fingerprint density at radius 3 is 2.45 bits per heavy atom. The number of likely N-dealkylation sites (N-methyl/N-ethyl adjacent to an activating group) is 1. The molecule has 2 rings (SSSR count). The Balaban J connectivity index is 2.07. The van der Waals surface area contributed by atoms with Crippen LogP contribution in [0.1, 0.15) is 38.7 Å². The summed E-state index contributed by atoms with van der Waals surface area (Å²) >= 11 is 0. The topological polar surface area (TPSA) is 47.8 Å². The fraction of sp³-hybridized carbons (Fsp3) is 0.556. The molecule has 0 aliphatic heterocycles. The number of quaternary nitrogens is 1. The number of Topliss-reactive ketones (excluding diaryl/α,β-unsaturated/α-hetero) is 1. The predicted octanol–water partition coefficient (Wildman–Crippen LogP) is 1.15. The highest BCUT2D eigenvalue weighted by Crippen LogP contribution is 2.40. The summed E-state index contributed by atoms with van der Waals surface area (Å²) in [7, 11) is 0. The lowest BCUT2D eigenvalue weighted by atomic mass is 9.79. The third-order valence-electron chi connectivity index (χ3n) is 4.74. The molecule has 1 aliphatic rings. The first kappa shape index (κ1) is 16.7. The summed E-state index contributed by atoms with van der Waals surface area (Å²) in [5.41, 5.74) is 0.137. The molecule has 0 saturated heterocycles. The minimum atomic E-state index is -0.767. The molecule has 0 heterocycles. The molecule has 0 unspecified atom stereocenters. The molecule has 1 saturated carbocycles. The van der Waals surface area contributed by atoms with Crippen LogP contribution in [0.25, 0.3) is 0 Å². The van der Waals surface area contributed by atoms with Crippen LogP contribution in [-0.2, 0) is 19.7 Å². The van der Waals surface area contributed by atoms with Gasteiger partial charge in [0.15, 0.2) is 0 Å². The van der Waals surface area contributed by atoms with Gasteiger partial charge in [0, 0.05) is 12.8 Å². The third-order valence-corrected chi connectivity index (χ3v) is 4.74. The lowest BCUT2D eigenvalue weighted by Crippen LogP contribution is -3.11. The largest absolute Gasteiger partial charge is 0.459 e. The average Bonchev–Trinajstić information content (AvgIpc) is 2.95. The smallest absolute Gasteiger partial charge is 0.317 e. The van der Waals surface area contributed by atoms with E-state index in [1.165, 1.54) is 4.90 Å². The van der Waals surface area contributed by atoms with Gasteiger partial charge in [-0.2, -0.15) is 0 Å². The van der Waals surface area contributed by atoms with Gasteiger partial charge in [-0.25, -0.2) is 0 Å². The predicted molar refractivity (Wildman–Crippen MR) is 84.8 cm³/mol. The maximum atomic E-state index is 12.7. The molecule has 22 heavy (non-hydrogen) atoms. The summed E-state index contributed by atoms with van der Waals surface area (Å²) in [6.45, 7) is 7.53. The number of carbonyl (C=O) groups is 2. The lowest BCUT2D eigenvalue weighted by molar-refractivity contribution is -0.896. The molecule has 1 aliphatic carbocycles. The van der Waals surface area contributed by atoms with Crippen molar-refractivity contribution in [2.45, 2.75) is 38.5 Å². The molecule has 0 aromatic heterocycles. The highest BCUT2D eigenvalue weighted by atomic mass is 16.5. The van der Waals surface area contributed by atoms with Crippen LogP contribution in [0, 0.1) is 0 Å². The molecule has 1 aromatic carbocycles. The van der Waals surface area contributed by atoms with Crippen LogP contribution in [0.5, 0.6) is 0 Å². The molecule has 1 N–H and O–H groups in total. The minimum Gasteiger partial charge on any atom is -0.459 e. The average molecular weight is 304 g/mol. The summed E-state index contributed by atoms with van der Waals surface area (Å²) in [6, 6.07) is 9.59. The van der Waals surface area contributed by atoms with Gasteiger partial charge in [-0.05, 0) is 25.8 Å². The van der Waals surface area contributed by atoms with E-state index in [4.69, 9.17) is 4.74 Å². The Hall–Kier alpha value is -1.68. The molecule has 1 aromatic rings. The molecular formula is C18H26NO3+. The summed E-state index contributed by atoms with van der Waals surface area (Å²) in [5, 5.41) is 0. The molecule has 0 amide bonds. The molecule has 4 heteroatoms. The van der Waals surface area contributed by atoms with Crippen LogP contribution in [0.3, 0.4) is 0 Å². The molecular weight excluding hydrogens is 278 g/mol. The van der Waals surface area contributed by atoms with Gasteiger partial charge in [0.2, 0.25) is 0 Å². The van der Waals surface area contributed by atoms with Gasteiger partial charge in [-0.1, -0.05) is 30.3 Å². The first-order chi connectivity index (χ1) is 10.6. The molecule has 0 spiro atoms.